The third-order valence-corrected chi connectivity index (χ3v) is 3.39. The van der Waals surface area contributed by atoms with Gasteiger partial charge in [0.25, 0.3) is 0 Å². The molecule has 0 bridgehead atoms. The molecular weight excluding hydrogens is 270 g/mol. The van der Waals surface area contributed by atoms with Gasteiger partial charge in [-0.15, -0.1) is 0 Å². The third kappa shape index (κ3) is 5.43. The van der Waals surface area contributed by atoms with Crippen LogP contribution >= 0.6 is 0 Å². The van der Waals surface area contributed by atoms with Crippen molar-refractivity contribution in [3.63, 3.8) is 0 Å². The zero-order valence-corrected chi connectivity index (χ0v) is 12.9. The van der Waals surface area contributed by atoms with Gasteiger partial charge in [0.05, 0.1) is 18.8 Å². The highest BCUT2D eigenvalue weighted by atomic mass is 16.5. The summed E-state index contributed by atoms with van der Waals surface area (Å²) in [5.74, 6) is -0.136. The predicted octanol–water partition coefficient (Wildman–Crippen LogP) is 0.411. The third-order valence-electron chi connectivity index (χ3n) is 3.39. The van der Waals surface area contributed by atoms with E-state index in [2.05, 4.69) is 5.32 Å². The lowest BCUT2D eigenvalue weighted by Gasteiger charge is -2.26. The number of nitrogens with two attached hydrogens (primary N) is 1. The molecule has 2 atom stereocenters. The maximum Gasteiger partial charge on any atom is 0.241 e. The Labute approximate surface area is 125 Å². The lowest BCUT2D eigenvalue weighted by atomic mass is 10.1. The normalized spacial score (nSPS) is 14.0. The first-order chi connectivity index (χ1) is 9.99. The van der Waals surface area contributed by atoms with Crippen LogP contribution in [-0.4, -0.2) is 55.4 Å². The van der Waals surface area contributed by atoms with E-state index in [1.54, 1.807) is 18.9 Å². The molecule has 4 N–H and O–H groups in total. The molecule has 6 heteroatoms. The van der Waals surface area contributed by atoms with E-state index in [4.69, 9.17) is 10.5 Å². The van der Waals surface area contributed by atoms with Crippen LogP contribution in [0.1, 0.15) is 12.5 Å². The minimum Gasteiger partial charge on any atom is -0.389 e. The molecule has 21 heavy (non-hydrogen) atoms. The summed E-state index contributed by atoms with van der Waals surface area (Å²) in [6.45, 7) is 2.77. The quantitative estimate of drug-likeness (QED) is 0.646. The van der Waals surface area contributed by atoms with Gasteiger partial charge in [-0.3, -0.25) is 9.69 Å². The van der Waals surface area contributed by atoms with Gasteiger partial charge in [0, 0.05) is 25.9 Å². The second-order valence-corrected chi connectivity index (χ2v) is 5.08. The van der Waals surface area contributed by atoms with E-state index in [0.29, 0.717) is 13.1 Å². The number of hydrogen-bond acceptors (Lipinski definition) is 5. The molecule has 1 amide bonds. The van der Waals surface area contributed by atoms with Gasteiger partial charge in [0.1, 0.15) is 0 Å². The average Bonchev–Trinajstić information content (AvgIpc) is 2.47. The molecule has 0 spiro atoms. The molecule has 0 fully saturated rings. The van der Waals surface area contributed by atoms with Gasteiger partial charge in [-0.2, -0.15) is 0 Å². The number of benzene rings is 1. The van der Waals surface area contributed by atoms with Crippen LogP contribution in [0.3, 0.4) is 0 Å². The number of para-hydroxylation sites is 1. The van der Waals surface area contributed by atoms with E-state index in [0.717, 1.165) is 11.3 Å². The smallest absolute Gasteiger partial charge is 0.241 e. The molecule has 0 aliphatic carbocycles. The van der Waals surface area contributed by atoms with Gasteiger partial charge in [-0.05, 0) is 25.6 Å². The fourth-order valence-corrected chi connectivity index (χ4v) is 1.99. The van der Waals surface area contributed by atoms with Gasteiger partial charge < -0.3 is 20.9 Å². The molecular formula is C15H25N3O3. The number of amides is 1. The molecule has 0 aliphatic rings. The van der Waals surface area contributed by atoms with Crippen molar-refractivity contribution in [1.29, 1.82) is 0 Å². The van der Waals surface area contributed by atoms with Crippen LogP contribution in [0, 0.1) is 0 Å². The minimum atomic E-state index is -0.619. The lowest BCUT2D eigenvalue weighted by molar-refractivity contribution is -0.120. The van der Waals surface area contributed by atoms with Gasteiger partial charge in [0.2, 0.25) is 5.91 Å². The van der Waals surface area contributed by atoms with Crippen LogP contribution in [0.4, 0.5) is 5.69 Å². The van der Waals surface area contributed by atoms with E-state index in [1.807, 2.05) is 24.3 Å². The number of hydrogen-bond donors (Lipinski definition) is 3. The van der Waals surface area contributed by atoms with Crippen LogP contribution in [0.5, 0.6) is 0 Å². The number of carbonyl (C=O) groups is 1. The summed E-state index contributed by atoms with van der Waals surface area (Å²) in [7, 11) is 3.32. The first kappa shape index (κ1) is 17.6. The van der Waals surface area contributed by atoms with Crippen molar-refractivity contribution >= 4 is 11.6 Å². The van der Waals surface area contributed by atoms with Gasteiger partial charge in [0.15, 0.2) is 0 Å². The van der Waals surface area contributed by atoms with Crippen molar-refractivity contribution in [1.82, 2.24) is 4.90 Å². The largest absolute Gasteiger partial charge is 0.389 e. The van der Waals surface area contributed by atoms with E-state index >= 15 is 0 Å². The number of anilines is 1. The fourth-order valence-electron chi connectivity index (χ4n) is 1.99. The monoisotopic (exact) mass is 295 g/mol. The number of aliphatic hydroxyl groups is 1. The summed E-state index contributed by atoms with van der Waals surface area (Å²) in [6, 6.07) is 7.07. The van der Waals surface area contributed by atoms with Crippen LogP contribution in [-0.2, 0) is 16.1 Å². The molecule has 1 aromatic carbocycles. The number of nitrogens with zero attached hydrogens (tertiary/aromatic N) is 1. The van der Waals surface area contributed by atoms with Crippen molar-refractivity contribution in [3.8, 4) is 0 Å². The fraction of sp³-hybridized carbons (Fsp3) is 0.533. The molecule has 0 saturated heterocycles. The Morgan fingerprint density at radius 2 is 2.14 bits per heavy atom. The summed E-state index contributed by atoms with van der Waals surface area (Å²) >= 11 is 0. The van der Waals surface area contributed by atoms with Crippen molar-refractivity contribution in [2.24, 2.45) is 5.73 Å². The molecule has 0 aliphatic heterocycles. The first-order valence-electron chi connectivity index (χ1n) is 6.95. The number of methoxy groups -OCH3 is 1. The topological polar surface area (TPSA) is 87.8 Å². The molecule has 6 nitrogen and oxygen atoms in total. The highest BCUT2D eigenvalue weighted by Crippen LogP contribution is 2.15. The maximum absolute atomic E-state index is 12.3. The van der Waals surface area contributed by atoms with Crippen LogP contribution in [0.15, 0.2) is 24.3 Å². The molecule has 0 aromatic heterocycles. The summed E-state index contributed by atoms with van der Waals surface area (Å²) in [4.78, 5) is 14.0. The van der Waals surface area contributed by atoms with Gasteiger partial charge in [-0.25, -0.2) is 0 Å². The standard InChI is InChI=1S/C15H25N3O3/c1-11(18(2)9-13(19)10-21-3)15(20)17-14-7-5-4-6-12(14)8-16/h4-7,11,13,19H,8-10,16H2,1-3H3,(H,17,20). The summed E-state index contributed by atoms with van der Waals surface area (Å²) < 4.78 is 4.88. The van der Waals surface area contributed by atoms with Gasteiger partial charge >= 0.3 is 0 Å². The zero-order chi connectivity index (χ0) is 15.8. The summed E-state index contributed by atoms with van der Waals surface area (Å²) in [5, 5.41) is 12.6. The van der Waals surface area contributed by atoms with E-state index < -0.39 is 6.10 Å². The first-order valence-corrected chi connectivity index (χ1v) is 6.95. The van der Waals surface area contributed by atoms with Crippen molar-refractivity contribution in [2.75, 3.05) is 32.6 Å². The summed E-state index contributed by atoms with van der Waals surface area (Å²) in [5.41, 5.74) is 7.27. The minimum absolute atomic E-state index is 0.136. The average molecular weight is 295 g/mol. The van der Waals surface area contributed by atoms with Gasteiger partial charge in [-0.1, -0.05) is 18.2 Å². The Morgan fingerprint density at radius 3 is 2.76 bits per heavy atom. The predicted molar refractivity (Wildman–Crippen MR) is 82.9 cm³/mol. The Balaban J connectivity index is 2.61. The van der Waals surface area contributed by atoms with Crippen molar-refractivity contribution in [2.45, 2.75) is 25.6 Å². The lowest BCUT2D eigenvalue weighted by Crippen LogP contribution is -2.44. The maximum atomic E-state index is 12.3. The highest BCUT2D eigenvalue weighted by molar-refractivity contribution is 5.95. The Hall–Kier alpha value is -1.47. The van der Waals surface area contributed by atoms with Crippen molar-refractivity contribution < 1.29 is 14.6 Å². The Kier molecular flexibility index (Phi) is 7.31. The van der Waals surface area contributed by atoms with Crippen LogP contribution in [0.2, 0.25) is 0 Å². The SMILES string of the molecule is COCC(O)CN(C)C(C)C(=O)Nc1ccccc1CN. The van der Waals surface area contributed by atoms with E-state index in [9.17, 15) is 9.90 Å². The summed E-state index contributed by atoms with van der Waals surface area (Å²) in [6.07, 6.45) is -0.619. The second-order valence-electron chi connectivity index (χ2n) is 5.08. The second kappa shape index (κ2) is 8.74. The molecule has 2 unspecified atom stereocenters. The molecule has 1 rings (SSSR count). The zero-order valence-electron chi connectivity index (χ0n) is 12.9. The Morgan fingerprint density at radius 1 is 1.48 bits per heavy atom. The van der Waals surface area contributed by atoms with Crippen LogP contribution in [0.25, 0.3) is 0 Å². The molecule has 118 valence electrons. The molecule has 1 aromatic rings. The molecule has 0 saturated carbocycles. The number of ether oxygens (including phenoxy) is 1. The number of rotatable bonds is 8. The number of nitrogens with one attached hydrogen (secondary N) is 1. The Bertz CT molecular complexity index is 454. The van der Waals surface area contributed by atoms with Crippen LogP contribution < -0.4 is 11.1 Å². The number of carbonyl (C=O) groups excluding carboxylic acids is 1. The van der Waals surface area contributed by atoms with E-state index in [1.165, 1.54) is 7.11 Å². The number of aliphatic hydroxyl groups excluding tert-OH is 1. The molecule has 0 radical (unpaired) electrons. The molecule has 0 heterocycles. The number of likely N-dealkylation sites (N-methyl/N-ethyl adjacent to an activating group) is 1. The van der Waals surface area contributed by atoms with E-state index in [-0.39, 0.29) is 18.6 Å². The highest BCUT2D eigenvalue weighted by Gasteiger charge is 2.20. The van der Waals surface area contributed by atoms with Crippen molar-refractivity contribution in [3.05, 3.63) is 29.8 Å².